The van der Waals surface area contributed by atoms with E-state index in [2.05, 4.69) is 575 Å². The van der Waals surface area contributed by atoms with Crippen molar-refractivity contribution in [2.75, 3.05) is 14.7 Å². The molecule has 0 bridgehead atoms. The summed E-state index contributed by atoms with van der Waals surface area (Å²) in [6.07, 6.45) is 0. The van der Waals surface area contributed by atoms with Crippen LogP contribution in [-0.2, 0) is 65.0 Å². The highest BCUT2D eigenvalue weighted by atomic mass is 15.2. The van der Waals surface area contributed by atoms with Crippen LogP contribution in [0.3, 0.4) is 0 Å². The maximum atomic E-state index is 2.50. The van der Waals surface area contributed by atoms with Crippen LogP contribution in [0.1, 0.15) is 233 Å². The second-order valence-electron chi connectivity index (χ2n) is 47.2. The Morgan fingerprint density at radius 1 is 0.128 bits per heavy atom. The van der Waals surface area contributed by atoms with Crippen molar-refractivity contribution in [2.24, 2.45) is 0 Å². The average molecular weight is 1840 g/mol. The highest BCUT2D eigenvalue weighted by Crippen LogP contribution is 2.65. The van der Waals surface area contributed by atoms with E-state index in [1.165, 1.54) is 196 Å². The first-order chi connectivity index (χ1) is 67.1. The van der Waals surface area contributed by atoms with Crippen molar-refractivity contribution in [3.8, 4) is 89.0 Å². The van der Waals surface area contributed by atoms with E-state index in [1.807, 2.05) is 0 Å². The number of para-hydroxylation sites is 3. The number of nitrogens with zero attached hydrogens (tertiary/aromatic N) is 3. The molecule has 0 atom stereocenters. The molecule has 0 fully saturated rings. The third-order valence-corrected chi connectivity index (χ3v) is 37.7. The van der Waals surface area contributed by atoms with E-state index in [-0.39, 0.29) is 65.0 Å². The van der Waals surface area contributed by atoms with E-state index in [0.717, 1.165) is 11.4 Å². The van der Waals surface area contributed by atoms with Gasteiger partial charge in [0.2, 0.25) is 0 Å². The molecule has 0 radical (unpaired) electrons. The number of hydrogen-bond donors (Lipinski definition) is 0. The SMILES string of the molecule is CC1(C)c2ccccc2-c2cc(N(c3ccccc3)c3ccc4c(c3)-c3cccc(-c5ccccc5)c3C(C)(C)C4(C)C)ccc2C1(C)C.CC1(C)c2ccccc2-c2cc(N(c3ccccc3)c3ccc4c(c3)C(C)(C)C(C)(C)c3cccc(-c5ccccc5)c3-4)ccc2C1(C)C.CC1(C)c2ccccc2-c2cc(N(c3ccccc3)c3cccc4c3C(C)(C)C(C)(C)c3ccccc3-4)ccc2C1(C)C. The van der Waals surface area contributed by atoms with Crippen LogP contribution in [0.15, 0.2) is 394 Å². The first kappa shape index (κ1) is 93.4. The maximum Gasteiger partial charge on any atom is 0.0505 e. The van der Waals surface area contributed by atoms with Crippen LogP contribution in [0.25, 0.3) is 89.0 Å². The third-order valence-electron chi connectivity index (χ3n) is 37.7. The highest BCUT2D eigenvalue weighted by molar-refractivity contribution is 5.97. The second-order valence-corrected chi connectivity index (χ2v) is 47.2. The Kier molecular flexibility index (Phi) is 22.1. The molecule has 141 heavy (non-hydrogen) atoms. The Morgan fingerprint density at radius 3 is 0.752 bits per heavy atom. The van der Waals surface area contributed by atoms with Crippen LogP contribution in [0.2, 0.25) is 0 Å². The highest BCUT2D eigenvalue weighted by Gasteiger charge is 2.54. The lowest BCUT2D eigenvalue weighted by atomic mass is 9.54. The fourth-order valence-electron chi connectivity index (χ4n) is 25.4. The lowest BCUT2D eigenvalue weighted by Crippen LogP contribution is -2.44. The molecule has 3 heteroatoms. The number of anilines is 9. The van der Waals surface area contributed by atoms with Gasteiger partial charge in [0.15, 0.2) is 0 Å². The molecular weight excluding hydrogens is 1700 g/mol. The predicted octanol–water partition coefficient (Wildman–Crippen LogP) is 38.2. The summed E-state index contributed by atoms with van der Waals surface area (Å²) in [7, 11) is 0. The summed E-state index contributed by atoms with van der Waals surface area (Å²) >= 11 is 0. The molecule has 23 rings (SSSR count). The summed E-state index contributed by atoms with van der Waals surface area (Å²) in [5.74, 6) is 0. The maximum absolute atomic E-state index is 2.50. The minimum Gasteiger partial charge on any atom is -0.310 e. The largest absolute Gasteiger partial charge is 0.310 e. The van der Waals surface area contributed by atoms with Crippen LogP contribution < -0.4 is 14.7 Å². The van der Waals surface area contributed by atoms with Gasteiger partial charge in [-0.25, -0.2) is 0 Å². The molecule has 0 N–H and O–H groups in total. The molecule has 0 heterocycles. The lowest BCUT2D eigenvalue weighted by Gasteiger charge is -2.50. The fourth-order valence-corrected chi connectivity index (χ4v) is 25.4. The van der Waals surface area contributed by atoms with Crippen molar-refractivity contribution < 1.29 is 0 Å². The molecule has 17 aromatic carbocycles. The van der Waals surface area contributed by atoms with Crippen LogP contribution in [-0.4, -0.2) is 0 Å². The van der Waals surface area contributed by atoms with Crippen LogP contribution in [0.4, 0.5) is 51.2 Å². The van der Waals surface area contributed by atoms with Crippen molar-refractivity contribution in [3.05, 3.63) is 461 Å². The Balaban J connectivity index is 0.000000126. The normalized spacial score (nSPS) is 17.5. The van der Waals surface area contributed by atoms with Crippen molar-refractivity contribution in [2.45, 2.75) is 231 Å². The number of benzene rings is 17. The van der Waals surface area contributed by atoms with E-state index >= 15 is 0 Å². The standard InChI is InChI=1S/2C48H47N.C42H43N/c1-45(2)41-25-16-15-22-37(41)39-30-34(26-28-42(39)46(45,3)4)49(33-20-13-10-14-21-33)35-27-29-43-40(31-35)38-24-17-23-36(32-18-11-9-12-19-32)44(38)48(7,8)47(43,5)6;1-45(2)40-24-16-15-22-37(40)39-30-34(27-29-41(39)46(45,3)4)49(33-20-13-10-14-21-33)35-26-28-38-43(31-35)48(7,8)47(5,6)42-25-17-23-36(44(38)42)32-18-11-9-12-19-32;1-39(2)35-23-15-13-20-31(35)33-27-29(25-26-36(33)40(39,3)4)43(28-17-10-9-11-18-28)37-24-16-21-32-30-19-12-14-22-34(30)41(5,6)42(7,8)38(32)37/h2*9-31H,1-8H3;9-27H,1-8H3. The van der Waals surface area contributed by atoms with Gasteiger partial charge >= 0.3 is 0 Å². The zero-order chi connectivity index (χ0) is 99.1. The van der Waals surface area contributed by atoms with Gasteiger partial charge in [-0.15, -0.1) is 0 Å². The summed E-state index contributed by atoms with van der Waals surface area (Å²) in [6.45, 7) is 58.0. The first-order valence-electron chi connectivity index (χ1n) is 51.3. The van der Waals surface area contributed by atoms with Crippen LogP contribution in [0.5, 0.6) is 0 Å². The van der Waals surface area contributed by atoms with Gasteiger partial charge in [0.05, 0.1) is 5.69 Å². The summed E-state index contributed by atoms with van der Waals surface area (Å²) in [5, 5.41) is 0. The molecule has 0 spiro atoms. The quantitative estimate of drug-likeness (QED) is 0.128. The van der Waals surface area contributed by atoms with Gasteiger partial charge in [0.25, 0.3) is 0 Å². The lowest BCUT2D eigenvalue weighted by molar-refractivity contribution is 0.299. The minimum atomic E-state index is -0.118. The van der Waals surface area contributed by atoms with Crippen LogP contribution >= 0.6 is 0 Å². The van der Waals surface area contributed by atoms with Crippen molar-refractivity contribution in [3.63, 3.8) is 0 Å². The van der Waals surface area contributed by atoms with Gasteiger partial charge in [-0.2, -0.15) is 0 Å². The molecule has 3 nitrogen and oxygen atoms in total. The summed E-state index contributed by atoms with van der Waals surface area (Å²) in [5.41, 5.74) is 48.2. The summed E-state index contributed by atoms with van der Waals surface area (Å²) < 4.78 is 0. The molecule has 0 aromatic heterocycles. The van der Waals surface area contributed by atoms with Crippen molar-refractivity contribution >= 4 is 51.2 Å². The molecule has 17 aromatic rings. The Morgan fingerprint density at radius 2 is 0.362 bits per heavy atom. The van der Waals surface area contributed by atoms with E-state index in [9.17, 15) is 0 Å². The number of fused-ring (bicyclic) bond motifs is 18. The summed E-state index contributed by atoms with van der Waals surface area (Å²) in [6, 6.07) is 147. The minimum absolute atomic E-state index is 0.00228. The zero-order valence-corrected chi connectivity index (χ0v) is 87.4. The van der Waals surface area contributed by atoms with Crippen molar-refractivity contribution in [1.29, 1.82) is 0 Å². The molecule has 704 valence electrons. The molecule has 0 saturated carbocycles. The Hall–Kier alpha value is -13.9. The van der Waals surface area contributed by atoms with Gasteiger partial charge in [-0.3, -0.25) is 0 Å². The molecule has 0 amide bonds. The van der Waals surface area contributed by atoms with Crippen LogP contribution in [0, 0.1) is 0 Å². The first-order valence-corrected chi connectivity index (χ1v) is 51.3. The number of hydrogen-bond acceptors (Lipinski definition) is 3. The Bertz CT molecular complexity index is 7760. The number of rotatable bonds is 11. The van der Waals surface area contributed by atoms with E-state index in [1.54, 1.807) is 0 Å². The van der Waals surface area contributed by atoms with Gasteiger partial charge in [-0.05, 0) is 313 Å². The second kappa shape index (κ2) is 33.4. The van der Waals surface area contributed by atoms with E-state index in [4.69, 9.17) is 0 Å². The average Bonchev–Trinajstić information content (AvgIpc) is 0.679. The monoisotopic (exact) mass is 1840 g/mol. The molecular formula is C138H137N3. The summed E-state index contributed by atoms with van der Waals surface area (Å²) in [4.78, 5) is 7.40. The zero-order valence-electron chi connectivity index (χ0n) is 87.4. The molecule has 0 aliphatic heterocycles. The predicted molar refractivity (Wildman–Crippen MR) is 603 cm³/mol. The fraction of sp³-hybridized carbons (Fsp3) is 0.261. The molecule has 0 unspecified atom stereocenters. The molecule has 6 aliphatic carbocycles. The smallest absolute Gasteiger partial charge is 0.0505 e. The van der Waals surface area contributed by atoms with Gasteiger partial charge in [0, 0.05) is 56.3 Å². The van der Waals surface area contributed by atoms with Gasteiger partial charge in [-0.1, -0.05) is 457 Å². The van der Waals surface area contributed by atoms with Gasteiger partial charge in [0.1, 0.15) is 0 Å². The van der Waals surface area contributed by atoms with E-state index < -0.39 is 0 Å². The topological polar surface area (TPSA) is 9.72 Å². The third kappa shape index (κ3) is 14.1. The van der Waals surface area contributed by atoms with E-state index in [0.29, 0.717) is 0 Å². The van der Waals surface area contributed by atoms with Crippen molar-refractivity contribution in [1.82, 2.24) is 0 Å². The van der Waals surface area contributed by atoms with Gasteiger partial charge < -0.3 is 14.7 Å². The Labute approximate surface area is 841 Å². The molecule has 0 saturated heterocycles. The molecule has 6 aliphatic rings.